The molecule has 0 radical (unpaired) electrons. The van der Waals surface area contributed by atoms with Crippen molar-refractivity contribution in [3.05, 3.63) is 60.1 Å². The Balaban J connectivity index is 1.81. The van der Waals surface area contributed by atoms with Crippen LogP contribution in [0.4, 0.5) is 5.69 Å². The number of halogens is 1. The van der Waals surface area contributed by atoms with Crippen LogP contribution in [0.1, 0.15) is 6.92 Å². The monoisotopic (exact) mass is 401 g/mol. The van der Waals surface area contributed by atoms with Crippen LogP contribution in [0.3, 0.4) is 0 Å². The van der Waals surface area contributed by atoms with Crippen LogP contribution in [0.5, 0.6) is 5.75 Å². The second-order valence-electron chi connectivity index (χ2n) is 5.88. The Morgan fingerprint density at radius 2 is 2.19 bits per heavy atom. The molecule has 0 unspecified atom stereocenters. The fourth-order valence-corrected chi connectivity index (χ4v) is 3.78. The van der Waals surface area contributed by atoms with Crippen LogP contribution in [0.25, 0.3) is 11.0 Å². The molecule has 0 saturated heterocycles. The minimum absolute atomic E-state index is 0.155. The van der Waals surface area contributed by atoms with Gasteiger partial charge in [-0.2, -0.15) is 0 Å². The Hall–Kier alpha value is -2.44. The number of carbonyl (C=O) groups is 1. The van der Waals surface area contributed by atoms with Crippen LogP contribution < -0.4 is 10.1 Å². The molecule has 1 amide bonds. The second-order valence-corrected chi connectivity index (χ2v) is 7.62. The number of nitrogens with one attached hydrogen (secondary N) is 1. The Bertz CT molecular complexity index is 987. The maximum absolute atomic E-state index is 12.7. The van der Waals surface area contributed by atoms with Gasteiger partial charge < -0.3 is 14.6 Å². The van der Waals surface area contributed by atoms with E-state index in [0.717, 1.165) is 16.2 Å². The topological polar surface area (TPSA) is 56.2 Å². The van der Waals surface area contributed by atoms with E-state index in [0.29, 0.717) is 23.0 Å². The highest BCUT2D eigenvalue weighted by Crippen LogP contribution is 2.31. The zero-order valence-corrected chi connectivity index (χ0v) is 16.7. The number of anilines is 1. The summed E-state index contributed by atoms with van der Waals surface area (Å²) in [7, 11) is 1.55. The van der Waals surface area contributed by atoms with Crippen molar-refractivity contribution in [3.8, 4) is 5.75 Å². The van der Waals surface area contributed by atoms with Crippen molar-refractivity contribution in [1.29, 1.82) is 0 Å². The average molecular weight is 402 g/mol. The van der Waals surface area contributed by atoms with Gasteiger partial charge in [-0.05, 0) is 37.3 Å². The molecule has 27 heavy (non-hydrogen) atoms. The largest absolute Gasteiger partial charge is 0.495 e. The van der Waals surface area contributed by atoms with Crippen molar-refractivity contribution in [3.63, 3.8) is 0 Å². The van der Waals surface area contributed by atoms with Gasteiger partial charge in [0, 0.05) is 11.6 Å². The molecule has 1 atom stereocenters. The molecule has 1 aromatic heterocycles. The third-order valence-electron chi connectivity index (χ3n) is 4.00. The molecule has 5 nitrogen and oxygen atoms in total. The van der Waals surface area contributed by atoms with Crippen molar-refractivity contribution < 1.29 is 9.53 Å². The number of aromatic nitrogens is 2. The number of allylic oxidation sites excluding steroid dienone is 1. The lowest BCUT2D eigenvalue weighted by Crippen LogP contribution is -2.23. The van der Waals surface area contributed by atoms with Gasteiger partial charge in [0.15, 0.2) is 5.16 Å². The fourth-order valence-electron chi connectivity index (χ4n) is 2.67. The van der Waals surface area contributed by atoms with Crippen molar-refractivity contribution in [2.45, 2.75) is 23.9 Å². The van der Waals surface area contributed by atoms with Gasteiger partial charge in [-0.1, -0.05) is 41.6 Å². The molecule has 0 spiro atoms. The summed E-state index contributed by atoms with van der Waals surface area (Å²) >= 11 is 7.43. The molecule has 0 bridgehead atoms. The van der Waals surface area contributed by atoms with E-state index < -0.39 is 0 Å². The summed E-state index contributed by atoms with van der Waals surface area (Å²) in [5.41, 5.74) is 2.46. The quantitative estimate of drug-likeness (QED) is 0.447. The van der Waals surface area contributed by atoms with Gasteiger partial charge in [-0.25, -0.2) is 4.98 Å². The summed E-state index contributed by atoms with van der Waals surface area (Å²) in [5.74, 6) is 0.404. The van der Waals surface area contributed by atoms with Gasteiger partial charge in [0.25, 0.3) is 0 Å². The van der Waals surface area contributed by atoms with Gasteiger partial charge in [-0.15, -0.1) is 6.58 Å². The molecule has 0 aliphatic carbocycles. The summed E-state index contributed by atoms with van der Waals surface area (Å²) in [6.45, 7) is 6.28. The Morgan fingerprint density at radius 3 is 2.93 bits per heavy atom. The van der Waals surface area contributed by atoms with E-state index in [2.05, 4.69) is 21.4 Å². The van der Waals surface area contributed by atoms with Crippen molar-refractivity contribution in [2.24, 2.45) is 0 Å². The summed E-state index contributed by atoms with van der Waals surface area (Å²) in [6.07, 6.45) is 1.82. The smallest absolute Gasteiger partial charge is 0.237 e. The molecule has 2 aromatic carbocycles. The molecule has 7 heteroatoms. The van der Waals surface area contributed by atoms with Gasteiger partial charge >= 0.3 is 0 Å². The predicted octanol–water partition coefficient (Wildman–Crippen LogP) is 5.00. The first-order valence-electron chi connectivity index (χ1n) is 8.40. The van der Waals surface area contributed by atoms with Gasteiger partial charge in [0.1, 0.15) is 5.75 Å². The SMILES string of the molecule is C=CCn1c(S[C@H](C)C(=O)Nc2cc(Cl)ccc2OC)nc2ccccc21. The summed E-state index contributed by atoms with van der Waals surface area (Å²) in [4.78, 5) is 17.4. The van der Waals surface area contributed by atoms with Crippen LogP contribution in [0.2, 0.25) is 5.02 Å². The van der Waals surface area contributed by atoms with Crippen LogP contribution >= 0.6 is 23.4 Å². The van der Waals surface area contributed by atoms with Gasteiger partial charge in [-0.3, -0.25) is 4.79 Å². The number of nitrogens with zero attached hydrogens (tertiary/aromatic N) is 2. The van der Waals surface area contributed by atoms with Crippen LogP contribution in [0.15, 0.2) is 60.3 Å². The first-order valence-corrected chi connectivity index (χ1v) is 9.66. The number of methoxy groups -OCH3 is 1. The van der Waals surface area contributed by atoms with E-state index in [1.165, 1.54) is 11.8 Å². The molecule has 1 heterocycles. The number of hydrogen-bond donors (Lipinski definition) is 1. The maximum Gasteiger partial charge on any atom is 0.237 e. The number of para-hydroxylation sites is 2. The number of carbonyl (C=O) groups excluding carboxylic acids is 1. The number of fused-ring (bicyclic) bond motifs is 1. The highest BCUT2D eigenvalue weighted by molar-refractivity contribution is 8.00. The molecular weight excluding hydrogens is 382 g/mol. The maximum atomic E-state index is 12.7. The number of rotatable bonds is 7. The van der Waals surface area contributed by atoms with Crippen molar-refractivity contribution >= 4 is 46.0 Å². The molecule has 0 aliphatic heterocycles. The first-order chi connectivity index (χ1) is 13.0. The normalized spacial score (nSPS) is 12.0. The summed E-state index contributed by atoms with van der Waals surface area (Å²) in [5, 5.41) is 3.82. The lowest BCUT2D eigenvalue weighted by atomic mass is 10.3. The number of amides is 1. The van der Waals surface area contributed by atoms with Gasteiger partial charge in [0.2, 0.25) is 5.91 Å². The number of benzene rings is 2. The minimum atomic E-state index is -0.367. The van der Waals surface area contributed by atoms with Crippen molar-refractivity contribution in [1.82, 2.24) is 9.55 Å². The molecule has 1 N–H and O–H groups in total. The first kappa shape index (κ1) is 19.3. The minimum Gasteiger partial charge on any atom is -0.495 e. The Kier molecular flexibility index (Phi) is 6.08. The van der Waals surface area contributed by atoms with Crippen LogP contribution in [0, 0.1) is 0 Å². The number of imidazole rings is 1. The van der Waals surface area contributed by atoms with E-state index >= 15 is 0 Å². The Morgan fingerprint density at radius 1 is 1.41 bits per heavy atom. The van der Waals surface area contributed by atoms with Crippen molar-refractivity contribution in [2.75, 3.05) is 12.4 Å². The zero-order valence-electron chi connectivity index (χ0n) is 15.1. The summed E-state index contributed by atoms with van der Waals surface area (Å²) in [6, 6.07) is 13.0. The Labute approximate surface area is 167 Å². The third-order valence-corrected chi connectivity index (χ3v) is 5.33. The number of thioether (sulfide) groups is 1. The number of ether oxygens (including phenoxy) is 1. The van der Waals surface area contributed by atoms with E-state index in [-0.39, 0.29) is 11.2 Å². The molecule has 0 fully saturated rings. The van der Waals surface area contributed by atoms with E-state index in [9.17, 15) is 4.79 Å². The average Bonchev–Trinajstić information content (AvgIpc) is 2.99. The lowest BCUT2D eigenvalue weighted by Gasteiger charge is -2.15. The van der Waals surface area contributed by atoms with E-state index in [1.54, 1.807) is 25.3 Å². The van der Waals surface area contributed by atoms with Crippen LogP contribution in [-0.2, 0) is 11.3 Å². The van der Waals surface area contributed by atoms with E-state index in [4.69, 9.17) is 16.3 Å². The molecule has 140 valence electrons. The lowest BCUT2D eigenvalue weighted by molar-refractivity contribution is -0.115. The van der Waals surface area contributed by atoms with Gasteiger partial charge in [0.05, 0.1) is 29.1 Å². The molecule has 0 aliphatic rings. The third kappa shape index (κ3) is 4.28. The zero-order chi connectivity index (χ0) is 19.4. The summed E-state index contributed by atoms with van der Waals surface area (Å²) < 4.78 is 7.33. The molecule has 3 aromatic rings. The highest BCUT2D eigenvalue weighted by Gasteiger charge is 2.20. The highest BCUT2D eigenvalue weighted by atomic mass is 35.5. The molecule has 3 rings (SSSR count). The van der Waals surface area contributed by atoms with Crippen LogP contribution in [-0.4, -0.2) is 27.8 Å². The standard InChI is InChI=1S/C20H20ClN3O2S/c1-4-11-24-17-8-6-5-7-15(17)23-20(24)27-13(2)19(25)22-16-12-14(21)9-10-18(16)26-3/h4-10,12-13H,1,11H2,2-3H3,(H,22,25)/t13-/m1/s1. The fraction of sp³-hybridized carbons (Fsp3) is 0.200. The second kappa shape index (κ2) is 8.50. The molecule has 0 saturated carbocycles. The number of hydrogen-bond acceptors (Lipinski definition) is 4. The molecular formula is C20H20ClN3O2S. The predicted molar refractivity (Wildman–Crippen MR) is 112 cm³/mol. The van der Waals surface area contributed by atoms with E-state index in [1.807, 2.05) is 37.3 Å².